The molecule has 2 aromatic carbocycles. The topological polar surface area (TPSA) is 55.4 Å². The number of pyridine rings is 1. The molecule has 0 spiro atoms. The van der Waals surface area contributed by atoms with Gasteiger partial charge >= 0.3 is 0 Å². The number of para-hydroxylation sites is 2. The lowest BCUT2D eigenvalue weighted by molar-refractivity contribution is 0.374. The third-order valence-corrected chi connectivity index (χ3v) is 4.29. The summed E-state index contributed by atoms with van der Waals surface area (Å²) in [5, 5.41) is 7.38. The van der Waals surface area contributed by atoms with Crippen molar-refractivity contribution >= 4 is 34.6 Å². The zero-order valence-corrected chi connectivity index (χ0v) is 16.2. The number of hydrogen-bond donors (Lipinski definition) is 2. The summed E-state index contributed by atoms with van der Waals surface area (Å²) in [5.74, 6) is 1.71. The summed E-state index contributed by atoms with van der Waals surface area (Å²) in [6.45, 7) is 0.536. The lowest BCUT2D eigenvalue weighted by Gasteiger charge is -2.12. The third-order valence-electron chi connectivity index (χ3n) is 3.68. The minimum Gasteiger partial charge on any atom is -0.493 e. The summed E-state index contributed by atoms with van der Waals surface area (Å²) in [6, 6.07) is 18.6. The zero-order valence-electron chi connectivity index (χ0n) is 14.6. The molecule has 3 aromatic rings. The molecule has 2 N–H and O–H groups in total. The summed E-state index contributed by atoms with van der Waals surface area (Å²) in [7, 11) is 1.60. The van der Waals surface area contributed by atoms with E-state index in [1.165, 1.54) is 0 Å². The van der Waals surface area contributed by atoms with Crippen molar-refractivity contribution < 1.29 is 9.47 Å². The van der Waals surface area contributed by atoms with E-state index in [2.05, 4.69) is 15.6 Å². The van der Waals surface area contributed by atoms with Crippen LogP contribution in [0.2, 0.25) is 5.02 Å². The monoisotopic (exact) mass is 399 g/mol. The van der Waals surface area contributed by atoms with Gasteiger partial charge in [-0.2, -0.15) is 0 Å². The predicted molar refractivity (Wildman–Crippen MR) is 112 cm³/mol. The van der Waals surface area contributed by atoms with Crippen LogP contribution in [0.5, 0.6) is 17.4 Å². The van der Waals surface area contributed by atoms with E-state index >= 15 is 0 Å². The Balaban J connectivity index is 1.55. The molecule has 0 aliphatic carbocycles. The second kappa shape index (κ2) is 9.21. The predicted octanol–water partition coefficient (Wildman–Crippen LogP) is 5.02. The van der Waals surface area contributed by atoms with Gasteiger partial charge in [0.1, 0.15) is 0 Å². The maximum absolute atomic E-state index is 6.14. The number of halogens is 1. The first-order valence-electron chi connectivity index (χ1n) is 8.21. The molecule has 0 aliphatic heterocycles. The van der Waals surface area contributed by atoms with Crippen LogP contribution >= 0.6 is 23.8 Å². The van der Waals surface area contributed by atoms with Crippen LogP contribution in [0.15, 0.2) is 66.9 Å². The fourth-order valence-electron chi connectivity index (χ4n) is 2.32. The van der Waals surface area contributed by atoms with E-state index in [1.807, 2.05) is 54.6 Å². The van der Waals surface area contributed by atoms with Gasteiger partial charge in [0, 0.05) is 17.6 Å². The highest BCUT2D eigenvalue weighted by Crippen LogP contribution is 2.30. The van der Waals surface area contributed by atoms with Crippen molar-refractivity contribution in [2.75, 3.05) is 12.4 Å². The number of aromatic nitrogens is 1. The van der Waals surface area contributed by atoms with E-state index in [9.17, 15) is 0 Å². The summed E-state index contributed by atoms with van der Waals surface area (Å²) in [5.41, 5.74) is 1.72. The van der Waals surface area contributed by atoms with Gasteiger partial charge in [0.15, 0.2) is 16.6 Å². The number of hydrogen-bond acceptors (Lipinski definition) is 4. The van der Waals surface area contributed by atoms with Crippen molar-refractivity contribution in [3.05, 3.63) is 77.4 Å². The van der Waals surface area contributed by atoms with Crippen LogP contribution in [0.25, 0.3) is 0 Å². The van der Waals surface area contributed by atoms with E-state index in [1.54, 1.807) is 19.4 Å². The number of nitrogens with zero attached hydrogens (tertiary/aromatic N) is 1. The average Bonchev–Trinajstić information content (AvgIpc) is 2.69. The maximum atomic E-state index is 6.14. The average molecular weight is 400 g/mol. The van der Waals surface area contributed by atoms with Gasteiger partial charge in [-0.15, -0.1) is 0 Å². The largest absolute Gasteiger partial charge is 0.493 e. The fourth-order valence-corrected chi connectivity index (χ4v) is 2.72. The summed E-state index contributed by atoms with van der Waals surface area (Å²) >= 11 is 11.4. The first-order valence-corrected chi connectivity index (χ1v) is 8.99. The second-order valence-corrected chi connectivity index (χ2v) is 6.35. The number of ether oxygens (including phenoxy) is 2. The van der Waals surface area contributed by atoms with E-state index in [-0.39, 0.29) is 0 Å². The molecule has 27 heavy (non-hydrogen) atoms. The summed E-state index contributed by atoms with van der Waals surface area (Å²) in [6.07, 6.45) is 1.65. The summed E-state index contributed by atoms with van der Waals surface area (Å²) < 4.78 is 11.0. The van der Waals surface area contributed by atoms with Gasteiger partial charge in [-0.05, 0) is 42.0 Å². The molecule has 3 rings (SSSR count). The van der Waals surface area contributed by atoms with Gasteiger partial charge in [0.05, 0.1) is 19.0 Å². The molecule has 1 heterocycles. The number of anilines is 1. The van der Waals surface area contributed by atoms with Crippen LogP contribution in [-0.2, 0) is 6.54 Å². The van der Waals surface area contributed by atoms with Crippen LogP contribution in [-0.4, -0.2) is 17.2 Å². The number of rotatable bonds is 6. The maximum Gasteiger partial charge on any atom is 0.219 e. The highest BCUT2D eigenvalue weighted by atomic mass is 35.5. The Morgan fingerprint density at radius 3 is 2.48 bits per heavy atom. The van der Waals surface area contributed by atoms with Gasteiger partial charge in [-0.25, -0.2) is 4.98 Å². The van der Waals surface area contributed by atoms with Crippen molar-refractivity contribution in [2.45, 2.75) is 6.54 Å². The van der Waals surface area contributed by atoms with Crippen molar-refractivity contribution in [3.8, 4) is 17.4 Å². The molecule has 5 nitrogen and oxygen atoms in total. The molecule has 0 saturated carbocycles. The Kier molecular flexibility index (Phi) is 6.46. The van der Waals surface area contributed by atoms with Gasteiger partial charge in [-0.1, -0.05) is 41.9 Å². The van der Waals surface area contributed by atoms with Crippen LogP contribution in [0.4, 0.5) is 5.69 Å². The number of nitrogens with one attached hydrogen (secondary N) is 2. The molecule has 0 atom stereocenters. The van der Waals surface area contributed by atoms with Gasteiger partial charge in [0.2, 0.25) is 5.88 Å². The number of benzene rings is 2. The summed E-state index contributed by atoms with van der Waals surface area (Å²) in [4.78, 5) is 4.29. The van der Waals surface area contributed by atoms with Crippen LogP contribution in [0.1, 0.15) is 5.56 Å². The smallest absolute Gasteiger partial charge is 0.219 e. The molecule has 0 aliphatic rings. The Hall–Kier alpha value is -2.83. The van der Waals surface area contributed by atoms with Gasteiger partial charge < -0.3 is 20.1 Å². The van der Waals surface area contributed by atoms with Crippen LogP contribution in [0.3, 0.4) is 0 Å². The van der Waals surface area contributed by atoms with Crippen molar-refractivity contribution in [1.29, 1.82) is 0 Å². The Bertz CT molecular complexity index is 919. The first kappa shape index (κ1) is 18.9. The third kappa shape index (κ3) is 5.32. The fraction of sp³-hybridized carbons (Fsp3) is 0.100. The first-order chi connectivity index (χ1) is 13.2. The van der Waals surface area contributed by atoms with Gasteiger partial charge in [-0.3, -0.25) is 0 Å². The normalized spacial score (nSPS) is 10.1. The molecule has 0 fully saturated rings. The molecule has 0 saturated heterocycles. The lowest BCUT2D eigenvalue weighted by Crippen LogP contribution is -2.28. The molecular weight excluding hydrogens is 382 g/mol. The van der Waals surface area contributed by atoms with E-state index in [0.717, 1.165) is 11.3 Å². The second-order valence-electron chi connectivity index (χ2n) is 5.54. The Morgan fingerprint density at radius 1 is 1.04 bits per heavy atom. The Labute approximate surface area is 168 Å². The molecule has 0 radical (unpaired) electrons. The standard InChI is InChI=1S/C20H18ClN3O2S/c1-25-17-8-4-5-9-18(17)26-19-11-10-15(13-22-19)24-20(27)23-12-14-6-2-3-7-16(14)21/h2-11,13H,12H2,1H3,(H2,23,24,27). The van der Waals surface area contributed by atoms with E-state index in [0.29, 0.717) is 34.1 Å². The molecular formula is C20H18ClN3O2S. The van der Waals surface area contributed by atoms with Crippen molar-refractivity contribution in [2.24, 2.45) is 0 Å². The molecule has 1 aromatic heterocycles. The minimum atomic E-state index is 0.458. The quantitative estimate of drug-likeness (QED) is 0.567. The van der Waals surface area contributed by atoms with Crippen LogP contribution < -0.4 is 20.1 Å². The zero-order chi connectivity index (χ0) is 19.1. The lowest BCUT2D eigenvalue weighted by atomic mass is 10.2. The highest BCUT2D eigenvalue weighted by molar-refractivity contribution is 7.80. The molecule has 0 bridgehead atoms. The highest BCUT2D eigenvalue weighted by Gasteiger charge is 2.06. The van der Waals surface area contributed by atoms with E-state index < -0.39 is 0 Å². The SMILES string of the molecule is COc1ccccc1Oc1ccc(NC(=S)NCc2ccccc2Cl)cn1. The molecule has 0 unspecified atom stereocenters. The van der Waals surface area contributed by atoms with Crippen molar-refractivity contribution in [1.82, 2.24) is 10.3 Å². The van der Waals surface area contributed by atoms with Crippen LogP contribution in [0, 0.1) is 0 Å². The number of methoxy groups -OCH3 is 1. The molecule has 138 valence electrons. The van der Waals surface area contributed by atoms with E-state index in [4.69, 9.17) is 33.3 Å². The Morgan fingerprint density at radius 2 is 1.78 bits per heavy atom. The van der Waals surface area contributed by atoms with Crippen molar-refractivity contribution in [3.63, 3.8) is 0 Å². The number of thiocarbonyl (C=S) groups is 1. The van der Waals surface area contributed by atoms with Gasteiger partial charge in [0.25, 0.3) is 0 Å². The molecule has 7 heteroatoms. The minimum absolute atomic E-state index is 0.458. The molecule has 0 amide bonds.